The van der Waals surface area contributed by atoms with Gasteiger partial charge in [-0.15, -0.1) is 0 Å². The predicted octanol–water partition coefficient (Wildman–Crippen LogP) is 0.573. The molecule has 0 spiro atoms. The minimum absolute atomic E-state index is 0.415. The average molecular weight is 207 g/mol. The van der Waals surface area contributed by atoms with Crippen LogP contribution in [-0.4, -0.2) is 21.4 Å². The summed E-state index contributed by atoms with van der Waals surface area (Å²) in [5.74, 6) is 6.16. The van der Waals surface area contributed by atoms with Crippen molar-refractivity contribution in [2.24, 2.45) is 17.9 Å². The Balaban J connectivity index is 2.15. The minimum Gasteiger partial charge on any atom is -0.340 e. The van der Waals surface area contributed by atoms with Crippen molar-refractivity contribution in [1.82, 2.24) is 15.0 Å². The van der Waals surface area contributed by atoms with Gasteiger partial charge in [0.2, 0.25) is 0 Å². The van der Waals surface area contributed by atoms with Gasteiger partial charge in [0.15, 0.2) is 5.84 Å². The summed E-state index contributed by atoms with van der Waals surface area (Å²) in [4.78, 5) is 8.80. The van der Waals surface area contributed by atoms with Crippen molar-refractivity contribution in [3.8, 4) is 0 Å². The summed E-state index contributed by atoms with van der Waals surface area (Å²) in [7, 11) is 1.93. The number of aliphatic imine (C=N–C) groups is 1. The molecule has 1 fully saturated rings. The van der Waals surface area contributed by atoms with Crippen LogP contribution in [0.3, 0.4) is 0 Å². The highest BCUT2D eigenvalue weighted by atomic mass is 15.3. The van der Waals surface area contributed by atoms with Gasteiger partial charge in [-0.3, -0.25) is 4.99 Å². The third kappa shape index (κ3) is 2.36. The number of nitrogens with two attached hydrogens (primary N) is 1. The number of rotatable bonds is 2. The van der Waals surface area contributed by atoms with Crippen molar-refractivity contribution in [2.75, 3.05) is 0 Å². The van der Waals surface area contributed by atoms with E-state index in [9.17, 15) is 0 Å². The highest BCUT2D eigenvalue weighted by Crippen LogP contribution is 2.21. The van der Waals surface area contributed by atoms with E-state index in [1.807, 2.05) is 17.8 Å². The molecule has 1 aliphatic rings. The molecule has 82 valence electrons. The molecule has 5 heteroatoms. The normalized spacial score (nSPS) is 18.4. The lowest BCUT2D eigenvalue weighted by Gasteiger charge is -2.06. The third-order valence-electron chi connectivity index (χ3n) is 2.72. The molecule has 0 atom stereocenters. The first-order valence-corrected chi connectivity index (χ1v) is 5.32. The molecular formula is C10H17N5. The number of hydrogen-bond donors (Lipinski definition) is 2. The second-order valence-corrected chi connectivity index (χ2v) is 3.98. The van der Waals surface area contributed by atoms with Crippen LogP contribution in [0.2, 0.25) is 0 Å². The Labute approximate surface area is 89.4 Å². The highest BCUT2D eigenvalue weighted by molar-refractivity contribution is 5.96. The molecule has 1 aromatic rings. The van der Waals surface area contributed by atoms with Gasteiger partial charge in [-0.25, -0.2) is 10.8 Å². The van der Waals surface area contributed by atoms with Gasteiger partial charge in [0.25, 0.3) is 0 Å². The molecule has 1 heterocycles. The molecule has 5 nitrogen and oxygen atoms in total. The van der Waals surface area contributed by atoms with Crippen LogP contribution in [-0.2, 0) is 7.05 Å². The molecule has 0 radical (unpaired) electrons. The first-order chi connectivity index (χ1) is 7.29. The van der Waals surface area contributed by atoms with Crippen molar-refractivity contribution in [1.29, 1.82) is 0 Å². The topological polar surface area (TPSA) is 68.2 Å². The molecule has 15 heavy (non-hydrogen) atoms. The van der Waals surface area contributed by atoms with Crippen LogP contribution in [0.4, 0.5) is 0 Å². The number of hydrazine groups is 1. The zero-order chi connectivity index (χ0) is 10.7. The van der Waals surface area contributed by atoms with Crippen LogP contribution >= 0.6 is 0 Å². The average Bonchev–Trinajstić information content (AvgIpc) is 2.85. The smallest absolute Gasteiger partial charge is 0.163 e. The lowest BCUT2D eigenvalue weighted by molar-refractivity contribution is 0.700. The van der Waals surface area contributed by atoms with Gasteiger partial charge in [0, 0.05) is 13.2 Å². The molecule has 1 aliphatic carbocycles. The van der Waals surface area contributed by atoms with Crippen molar-refractivity contribution in [2.45, 2.75) is 31.7 Å². The number of hydrogen-bond acceptors (Lipinski definition) is 3. The van der Waals surface area contributed by atoms with Crippen LogP contribution in [0.1, 0.15) is 31.4 Å². The van der Waals surface area contributed by atoms with Crippen LogP contribution in [0.25, 0.3) is 0 Å². The summed E-state index contributed by atoms with van der Waals surface area (Å²) in [6.45, 7) is 0. The number of aromatic nitrogens is 2. The SMILES string of the molecule is Cn1cnc(C(=NC2CCCC2)NN)c1. The number of amidine groups is 1. The van der Waals surface area contributed by atoms with E-state index in [0.29, 0.717) is 11.9 Å². The first kappa shape index (κ1) is 10.2. The molecule has 0 amide bonds. The first-order valence-electron chi connectivity index (χ1n) is 5.32. The van der Waals surface area contributed by atoms with Gasteiger partial charge in [-0.05, 0) is 12.8 Å². The summed E-state index contributed by atoms with van der Waals surface area (Å²) in [6, 6.07) is 0.415. The Morgan fingerprint density at radius 2 is 2.33 bits per heavy atom. The summed E-state index contributed by atoms with van der Waals surface area (Å²) >= 11 is 0. The number of aryl methyl sites for hydroxylation is 1. The second-order valence-electron chi connectivity index (χ2n) is 3.98. The Morgan fingerprint density at radius 3 is 2.87 bits per heavy atom. The zero-order valence-electron chi connectivity index (χ0n) is 8.98. The zero-order valence-corrected chi connectivity index (χ0v) is 8.98. The fourth-order valence-electron chi connectivity index (χ4n) is 1.93. The Hall–Kier alpha value is -1.36. The molecule has 1 aromatic heterocycles. The predicted molar refractivity (Wildman–Crippen MR) is 59.3 cm³/mol. The van der Waals surface area contributed by atoms with Gasteiger partial charge in [0.05, 0.1) is 12.4 Å². The Bertz CT molecular complexity index is 348. The van der Waals surface area contributed by atoms with E-state index in [4.69, 9.17) is 5.84 Å². The molecule has 0 aromatic carbocycles. The van der Waals surface area contributed by atoms with Crippen molar-refractivity contribution in [3.05, 3.63) is 18.2 Å². The van der Waals surface area contributed by atoms with E-state index >= 15 is 0 Å². The lowest BCUT2D eigenvalue weighted by atomic mass is 10.2. The number of imidazole rings is 1. The van der Waals surface area contributed by atoms with Crippen LogP contribution in [0.15, 0.2) is 17.5 Å². The third-order valence-corrected chi connectivity index (χ3v) is 2.72. The standard InChI is InChI=1S/C10H17N5/c1-15-6-9(12-7-15)10(14-11)13-8-4-2-3-5-8/h6-8H,2-5,11H2,1H3,(H,13,14). The van der Waals surface area contributed by atoms with Crippen LogP contribution < -0.4 is 11.3 Å². The lowest BCUT2D eigenvalue weighted by Crippen LogP contribution is -2.32. The Morgan fingerprint density at radius 1 is 1.60 bits per heavy atom. The van der Waals surface area contributed by atoms with Crippen LogP contribution in [0.5, 0.6) is 0 Å². The summed E-state index contributed by atoms with van der Waals surface area (Å²) < 4.78 is 1.89. The maximum Gasteiger partial charge on any atom is 0.163 e. The van der Waals surface area contributed by atoms with E-state index in [1.165, 1.54) is 12.8 Å². The fraction of sp³-hybridized carbons (Fsp3) is 0.600. The monoisotopic (exact) mass is 207 g/mol. The second kappa shape index (κ2) is 4.44. The molecule has 2 rings (SSSR count). The molecule has 1 saturated carbocycles. The largest absolute Gasteiger partial charge is 0.340 e. The quantitative estimate of drug-likeness (QED) is 0.322. The maximum absolute atomic E-state index is 5.46. The molecule has 0 unspecified atom stereocenters. The molecule has 3 N–H and O–H groups in total. The van der Waals surface area contributed by atoms with Crippen LogP contribution in [0, 0.1) is 0 Å². The minimum atomic E-state index is 0.415. The van der Waals surface area contributed by atoms with Gasteiger partial charge in [0.1, 0.15) is 5.69 Å². The summed E-state index contributed by atoms with van der Waals surface area (Å²) in [5.41, 5.74) is 3.44. The fourth-order valence-corrected chi connectivity index (χ4v) is 1.93. The van der Waals surface area contributed by atoms with Gasteiger partial charge in [-0.1, -0.05) is 12.8 Å². The molecule has 0 saturated heterocycles. The van der Waals surface area contributed by atoms with E-state index < -0.39 is 0 Å². The van der Waals surface area contributed by atoms with Gasteiger partial charge in [-0.2, -0.15) is 0 Å². The summed E-state index contributed by atoms with van der Waals surface area (Å²) in [6.07, 6.45) is 8.53. The van der Waals surface area contributed by atoms with Crippen molar-refractivity contribution < 1.29 is 0 Å². The molecule has 0 bridgehead atoms. The maximum atomic E-state index is 5.46. The molecule has 0 aliphatic heterocycles. The van der Waals surface area contributed by atoms with Crippen molar-refractivity contribution in [3.63, 3.8) is 0 Å². The van der Waals surface area contributed by atoms with E-state index in [1.54, 1.807) is 6.33 Å². The van der Waals surface area contributed by atoms with Gasteiger partial charge >= 0.3 is 0 Å². The highest BCUT2D eigenvalue weighted by Gasteiger charge is 2.15. The Kier molecular flexibility index (Phi) is 3.01. The molecular weight excluding hydrogens is 190 g/mol. The van der Waals surface area contributed by atoms with E-state index in [2.05, 4.69) is 15.4 Å². The van der Waals surface area contributed by atoms with E-state index in [0.717, 1.165) is 18.5 Å². The van der Waals surface area contributed by atoms with Crippen molar-refractivity contribution >= 4 is 5.84 Å². The van der Waals surface area contributed by atoms with E-state index in [-0.39, 0.29) is 0 Å². The van der Waals surface area contributed by atoms with Gasteiger partial charge < -0.3 is 9.99 Å². The number of nitrogens with one attached hydrogen (secondary N) is 1. The number of nitrogens with zero attached hydrogens (tertiary/aromatic N) is 3. The summed E-state index contributed by atoms with van der Waals surface area (Å²) in [5, 5.41) is 0.